The van der Waals surface area contributed by atoms with Crippen LogP contribution in [0.25, 0.3) is 0 Å². The third-order valence-electron chi connectivity index (χ3n) is 3.66. The molecule has 7 nitrogen and oxygen atoms in total. The summed E-state index contributed by atoms with van der Waals surface area (Å²) in [5.41, 5.74) is 1.93. The lowest BCUT2D eigenvalue weighted by Gasteiger charge is -2.12. The van der Waals surface area contributed by atoms with Crippen LogP contribution in [-0.2, 0) is 11.3 Å². The Hall–Kier alpha value is -2.54. The average Bonchev–Trinajstić information content (AvgIpc) is 2.93. The fraction of sp³-hybridized carbons (Fsp3) is 0.412. The van der Waals surface area contributed by atoms with Crippen molar-refractivity contribution < 1.29 is 14.3 Å². The highest BCUT2D eigenvalue weighted by Gasteiger charge is 2.12. The molecular weight excluding hydrogens is 308 g/mol. The lowest BCUT2D eigenvalue weighted by molar-refractivity contribution is -0.116. The van der Waals surface area contributed by atoms with Crippen LogP contribution in [0.3, 0.4) is 0 Å². The zero-order valence-corrected chi connectivity index (χ0v) is 14.5. The monoisotopic (exact) mass is 332 g/mol. The highest BCUT2D eigenvalue weighted by atomic mass is 16.5. The van der Waals surface area contributed by atoms with Crippen LogP contribution in [0.4, 0.5) is 5.82 Å². The fourth-order valence-corrected chi connectivity index (χ4v) is 2.35. The number of rotatable bonds is 8. The van der Waals surface area contributed by atoms with E-state index in [0.717, 1.165) is 11.1 Å². The first-order valence-electron chi connectivity index (χ1n) is 7.76. The van der Waals surface area contributed by atoms with Crippen molar-refractivity contribution in [1.82, 2.24) is 15.1 Å². The smallest absolute Gasteiger partial charge is 0.226 e. The Kier molecular flexibility index (Phi) is 6.20. The van der Waals surface area contributed by atoms with Gasteiger partial charge in [-0.2, -0.15) is 5.10 Å². The molecule has 2 rings (SSSR count). The highest BCUT2D eigenvalue weighted by molar-refractivity contribution is 5.90. The molecule has 1 aromatic carbocycles. The minimum atomic E-state index is -0.0403. The normalized spacial score (nSPS) is 10.5. The van der Waals surface area contributed by atoms with Gasteiger partial charge in [0, 0.05) is 18.5 Å². The molecule has 0 saturated heterocycles. The number of carbonyl (C=O) groups excluding carboxylic acids is 1. The van der Waals surface area contributed by atoms with Crippen molar-refractivity contribution in [3.63, 3.8) is 0 Å². The number of aromatic nitrogens is 2. The molecule has 0 radical (unpaired) electrons. The van der Waals surface area contributed by atoms with Crippen molar-refractivity contribution in [2.45, 2.75) is 19.9 Å². The first-order valence-corrected chi connectivity index (χ1v) is 7.76. The van der Waals surface area contributed by atoms with Crippen LogP contribution in [0.15, 0.2) is 24.4 Å². The summed E-state index contributed by atoms with van der Waals surface area (Å²) in [5.74, 6) is 2.02. The van der Waals surface area contributed by atoms with E-state index in [-0.39, 0.29) is 5.91 Å². The molecular formula is C17H24N4O3. The third-order valence-corrected chi connectivity index (χ3v) is 3.66. The summed E-state index contributed by atoms with van der Waals surface area (Å²) in [6.45, 7) is 3.08. The second-order valence-corrected chi connectivity index (χ2v) is 5.42. The SMILES string of the molecule is CNCCC(=O)Nc1c(C)cnn1Cc1ccc(OC)c(OC)c1. The van der Waals surface area contributed by atoms with Crippen LogP contribution in [0.5, 0.6) is 11.5 Å². The first kappa shape index (κ1) is 17.8. The van der Waals surface area contributed by atoms with Gasteiger partial charge in [0.15, 0.2) is 11.5 Å². The minimum absolute atomic E-state index is 0.0403. The molecule has 7 heteroatoms. The molecule has 1 heterocycles. The molecule has 0 aliphatic rings. The first-order chi connectivity index (χ1) is 11.6. The summed E-state index contributed by atoms with van der Waals surface area (Å²) in [6.07, 6.45) is 2.16. The topological polar surface area (TPSA) is 77.4 Å². The largest absolute Gasteiger partial charge is 0.493 e. The maximum absolute atomic E-state index is 12.0. The van der Waals surface area contributed by atoms with Crippen LogP contribution in [-0.4, -0.2) is 43.5 Å². The van der Waals surface area contributed by atoms with Crippen molar-refractivity contribution >= 4 is 11.7 Å². The molecule has 2 N–H and O–H groups in total. The van der Waals surface area contributed by atoms with E-state index in [1.54, 1.807) is 25.1 Å². The molecule has 24 heavy (non-hydrogen) atoms. The van der Waals surface area contributed by atoms with Gasteiger partial charge in [0.1, 0.15) is 5.82 Å². The van der Waals surface area contributed by atoms with Crippen molar-refractivity contribution in [2.24, 2.45) is 0 Å². The van der Waals surface area contributed by atoms with E-state index >= 15 is 0 Å². The van der Waals surface area contributed by atoms with Crippen LogP contribution in [0.2, 0.25) is 0 Å². The van der Waals surface area contributed by atoms with Crippen molar-refractivity contribution in [3.8, 4) is 11.5 Å². The summed E-state index contributed by atoms with van der Waals surface area (Å²) >= 11 is 0. The van der Waals surface area contributed by atoms with E-state index in [4.69, 9.17) is 9.47 Å². The molecule has 0 aliphatic carbocycles. The summed E-state index contributed by atoms with van der Waals surface area (Å²) in [5, 5.41) is 10.2. The predicted octanol–water partition coefficient (Wildman–Crippen LogP) is 1.81. The van der Waals surface area contributed by atoms with Gasteiger partial charge in [-0.15, -0.1) is 0 Å². The predicted molar refractivity (Wildman–Crippen MR) is 92.8 cm³/mol. The number of carbonyl (C=O) groups is 1. The van der Waals surface area contributed by atoms with Gasteiger partial charge in [-0.25, -0.2) is 4.68 Å². The lowest BCUT2D eigenvalue weighted by Crippen LogP contribution is -2.21. The molecule has 130 valence electrons. The number of amides is 1. The number of anilines is 1. The Morgan fingerprint density at radius 3 is 2.67 bits per heavy atom. The van der Waals surface area contributed by atoms with Crippen molar-refractivity contribution in [2.75, 3.05) is 33.1 Å². The van der Waals surface area contributed by atoms with E-state index in [0.29, 0.717) is 36.8 Å². The van der Waals surface area contributed by atoms with Gasteiger partial charge in [0.25, 0.3) is 0 Å². The van der Waals surface area contributed by atoms with E-state index < -0.39 is 0 Å². The summed E-state index contributed by atoms with van der Waals surface area (Å²) in [7, 11) is 5.03. The highest BCUT2D eigenvalue weighted by Crippen LogP contribution is 2.28. The van der Waals surface area contributed by atoms with Crippen molar-refractivity contribution in [3.05, 3.63) is 35.5 Å². The standard InChI is InChI=1S/C17H24N4O3/c1-12-10-19-21(17(12)20-16(22)7-8-18-2)11-13-5-6-14(23-3)15(9-13)24-4/h5-6,9-10,18H,7-8,11H2,1-4H3,(H,20,22). The zero-order valence-electron chi connectivity index (χ0n) is 14.5. The fourth-order valence-electron chi connectivity index (χ4n) is 2.35. The number of hydrogen-bond acceptors (Lipinski definition) is 5. The number of ether oxygens (including phenoxy) is 2. The average molecular weight is 332 g/mol. The maximum Gasteiger partial charge on any atom is 0.226 e. The van der Waals surface area contributed by atoms with Crippen molar-refractivity contribution in [1.29, 1.82) is 0 Å². The summed E-state index contributed by atoms with van der Waals surface area (Å²) in [4.78, 5) is 12.0. The molecule has 0 bridgehead atoms. The zero-order chi connectivity index (χ0) is 17.5. The van der Waals surface area contributed by atoms with E-state index in [1.165, 1.54) is 0 Å². The van der Waals surface area contributed by atoms with Gasteiger partial charge < -0.3 is 20.1 Å². The van der Waals surface area contributed by atoms with Gasteiger partial charge in [-0.3, -0.25) is 4.79 Å². The Morgan fingerprint density at radius 1 is 1.25 bits per heavy atom. The summed E-state index contributed by atoms with van der Waals surface area (Å²) in [6, 6.07) is 5.71. The minimum Gasteiger partial charge on any atom is -0.493 e. The Balaban J connectivity index is 2.17. The number of nitrogens with zero attached hydrogens (tertiary/aromatic N) is 2. The van der Waals surface area contributed by atoms with Crippen LogP contribution in [0, 0.1) is 6.92 Å². The maximum atomic E-state index is 12.0. The third kappa shape index (κ3) is 4.26. The van der Waals surface area contributed by atoms with Gasteiger partial charge in [0.2, 0.25) is 5.91 Å². The molecule has 0 saturated carbocycles. The Morgan fingerprint density at radius 2 is 2.00 bits per heavy atom. The molecule has 1 aromatic heterocycles. The van der Waals surface area contributed by atoms with Gasteiger partial charge >= 0.3 is 0 Å². The number of nitrogens with one attached hydrogen (secondary N) is 2. The van der Waals surface area contributed by atoms with Crippen LogP contribution in [0.1, 0.15) is 17.5 Å². The lowest BCUT2D eigenvalue weighted by atomic mass is 10.2. The molecule has 0 aliphatic heterocycles. The Labute approximate surface area is 142 Å². The van der Waals surface area contributed by atoms with Crippen LogP contribution < -0.4 is 20.1 Å². The number of aryl methyl sites for hydroxylation is 1. The van der Waals surface area contributed by atoms with E-state index in [9.17, 15) is 4.79 Å². The molecule has 0 fully saturated rings. The van der Waals surface area contributed by atoms with Crippen LogP contribution >= 0.6 is 0 Å². The molecule has 1 amide bonds. The number of benzene rings is 1. The molecule has 2 aromatic rings. The van der Waals surface area contributed by atoms with Gasteiger partial charge in [0.05, 0.1) is 27.0 Å². The Bertz CT molecular complexity index is 697. The summed E-state index contributed by atoms with van der Waals surface area (Å²) < 4.78 is 12.3. The molecule has 0 atom stereocenters. The molecule has 0 unspecified atom stereocenters. The van der Waals surface area contributed by atoms with Gasteiger partial charge in [-0.1, -0.05) is 6.07 Å². The van der Waals surface area contributed by atoms with Gasteiger partial charge in [-0.05, 0) is 31.7 Å². The number of methoxy groups -OCH3 is 2. The van der Waals surface area contributed by atoms with E-state index in [2.05, 4.69) is 15.7 Å². The van der Waals surface area contributed by atoms with E-state index in [1.807, 2.05) is 32.2 Å². The quantitative estimate of drug-likeness (QED) is 0.771. The number of hydrogen-bond donors (Lipinski definition) is 2. The molecule has 0 spiro atoms. The second-order valence-electron chi connectivity index (χ2n) is 5.42. The second kappa shape index (κ2) is 8.35.